The highest BCUT2D eigenvalue weighted by Gasteiger charge is 2.34. The molecule has 9 heteroatoms. The van der Waals surface area contributed by atoms with Gasteiger partial charge in [0, 0.05) is 11.3 Å². The van der Waals surface area contributed by atoms with E-state index >= 15 is 0 Å². The number of imide groups is 1. The van der Waals surface area contributed by atoms with Crippen molar-refractivity contribution >= 4 is 29.5 Å². The van der Waals surface area contributed by atoms with E-state index in [0.717, 1.165) is 16.7 Å². The van der Waals surface area contributed by atoms with E-state index in [4.69, 9.17) is 9.47 Å². The molecule has 0 bridgehead atoms. The number of hydrogen-bond donors (Lipinski definition) is 2. The highest BCUT2D eigenvalue weighted by molar-refractivity contribution is 6.21. The van der Waals surface area contributed by atoms with Crippen LogP contribution in [0.4, 0.5) is 10.5 Å². The summed E-state index contributed by atoms with van der Waals surface area (Å²) in [7, 11) is 0. The fourth-order valence-corrected chi connectivity index (χ4v) is 4.39. The van der Waals surface area contributed by atoms with E-state index in [1.54, 1.807) is 81.4 Å². The number of aryl methyl sites for hydroxylation is 2. The van der Waals surface area contributed by atoms with Crippen LogP contribution in [0.25, 0.3) is 0 Å². The lowest BCUT2D eigenvalue weighted by molar-refractivity contribution is 0.0518. The lowest BCUT2D eigenvalue weighted by Gasteiger charge is -2.20. The van der Waals surface area contributed by atoms with Crippen LogP contribution in [0.3, 0.4) is 0 Å². The van der Waals surface area contributed by atoms with E-state index in [1.807, 2.05) is 41.5 Å². The Balaban J connectivity index is 0.00000162. The minimum Gasteiger partial charge on any atom is -0.491 e. The van der Waals surface area contributed by atoms with Gasteiger partial charge in [-0.3, -0.25) is 19.3 Å². The Labute approximate surface area is 260 Å². The average molecular weight is 604 g/mol. The molecule has 0 saturated carbocycles. The molecule has 1 aliphatic rings. The third-order valence-electron chi connectivity index (χ3n) is 6.17. The van der Waals surface area contributed by atoms with Crippen molar-refractivity contribution in [2.45, 2.75) is 74.5 Å². The van der Waals surface area contributed by atoms with Gasteiger partial charge in [-0.2, -0.15) is 0 Å². The molecule has 2 N–H and O–H groups in total. The van der Waals surface area contributed by atoms with Gasteiger partial charge in [-0.15, -0.1) is 0 Å². The molecule has 3 aromatic carbocycles. The molecule has 9 nitrogen and oxygen atoms in total. The normalized spacial score (nSPS) is 11.8. The van der Waals surface area contributed by atoms with Gasteiger partial charge in [0.15, 0.2) is 0 Å². The summed E-state index contributed by atoms with van der Waals surface area (Å²) in [5, 5.41) is 5.53. The van der Waals surface area contributed by atoms with Crippen LogP contribution in [0.15, 0.2) is 60.7 Å². The van der Waals surface area contributed by atoms with Crippen molar-refractivity contribution < 1.29 is 28.7 Å². The van der Waals surface area contributed by atoms with Crippen LogP contribution in [0.5, 0.6) is 5.75 Å². The minimum atomic E-state index is -0.571. The molecule has 0 spiro atoms. The van der Waals surface area contributed by atoms with Crippen LogP contribution in [-0.4, -0.2) is 47.5 Å². The van der Waals surface area contributed by atoms with E-state index in [1.165, 1.54) is 4.90 Å². The highest BCUT2D eigenvalue weighted by Crippen LogP contribution is 2.27. The summed E-state index contributed by atoms with van der Waals surface area (Å²) in [6, 6.07) is 17.3. The summed E-state index contributed by atoms with van der Waals surface area (Å²) in [4.78, 5) is 51.2. The summed E-state index contributed by atoms with van der Waals surface area (Å²) >= 11 is 0. The Bertz CT molecular complexity index is 1400. The standard InChI is InChI=1S/C31H33N3O6.2C2H6/c1-19-16-22(17-20(2)26(19)39-15-14-32-30(38)40-31(3,4)5)27(35)33-23-12-10-21(11-13-23)18-34-28(36)24-8-6-7-9-25(24)29(34)37;2*1-2/h6-13,16-17H,14-15,18H2,1-5H3,(H,32,38)(H,33,35);2*1-2H3. The van der Waals surface area contributed by atoms with Gasteiger partial charge in [0.05, 0.1) is 24.2 Å². The molecule has 0 saturated heterocycles. The van der Waals surface area contributed by atoms with Gasteiger partial charge in [0.2, 0.25) is 0 Å². The number of nitrogens with one attached hydrogen (secondary N) is 2. The number of hydrogen-bond acceptors (Lipinski definition) is 6. The predicted molar refractivity (Wildman–Crippen MR) is 173 cm³/mol. The number of benzene rings is 3. The van der Waals surface area contributed by atoms with Crippen molar-refractivity contribution in [3.8, 4) is 5.75 Å². The summed E-state index contributed by atoms with van der Waals surface area (Å²) in [6.45, 7) is 17.8. The average Bonchev–Trinajstić information content (AvgIpc) is 3.23. The van der Waals surface area contributed by atoms with Crippen molar-refractivity contribution in [3.05, 3.63) is 94.0 Å². The van der Waals surface area contributed by atoms with Gasteiger partial charge in [-0.1, -0.05) is 52.0 Å². The molecular formula is C35H45N3O6. The van der Waals surface area contributed by atoms with Crippen molar-refractivity contribution in [1.82, 2.24) is 10.2 Å². The maximum absolute atomic E-state index is 12.9. The predicted octanol–water partition coefficient (Wildman–Crippen LogP) is 7.31. The number of amides is 4. The molecule has 0 unspecified atom stereocenters. The van der Waals surface area contributed by atoms with Crippen LogP contribution >= 0.6 is 0 Å². The summed E-state index contributed by atoms with van der Waals surface area (Å²) < 4.78 is 11.1. The van der Waals surface area contributed by atoms with Gasteiger partial charge in [0.1, 0.15) is 18.0 Å². The molecule has 3 aromatic rings. The summed E-state index contributed by atoms with van der Waals surface area (Å²) in [6.07, 6.45) is -0.506. The first-order chi connectivity index (χ1) is 20.9. The van der Waals surface area contributed by atoms with Crippen molar-refractivity contribution in [3.63, 3.8) is 0 Å². The van der Waals surface area contributed by atoms with Crippen molar-refractivity contribution in [1.29, 1.82) is 0 Å². The molecular weight excluding hydrogens is 558 g/mol. The second kappa shape index (κ2) is 16.3. The third-order valence-corrected chi connectivity index (χ3v) is 6.17. The van der Waals surface area contributed by atoms with Gasteiger partial charge >= 0.3 is 6.09 Å². The van der Waals surface area contributed by atoms with Crippen LogP contribution < -0.4 is 15.4 Å². The smallest absolute Gasteiger partial charge is 0.407 e. The maximum Gasteiger partial charge on any atom is 0.407 e. The molecule has 1 heterocycles. The maximum atomic E-state index is 12.9. The van der Waals surface area contributed by atoms with E-state index in [0.29, 0.717) is 28.1 Å². The number of carbonyl (C=O) groups is 4. The van der Waals surface area contributed by atoms with Crippen molar-refractivity contribution in [2.24, 2.45) is 0 Å². The molecule has 0 radical (unpaired) electrons. The molecule has 44 heavy (non-hydrogen) atoms. The first-order valence-corrected chi connectivity index (χ1v) is 15.0. The number of nitrogens with zero attached hydrogens (tertiary/aromatic N) is 1. The van der Waals surface area contributed by atoms with Crippen LogP contribution in [0.2, 0.25) is 0 Å². The molecule has 1 aliphatic heterocycles. The van der Waals surface area contributed by atoms with Crippen LogP contribution in [0.1, 0.15) is 96.2 Å². The molecule has 0 aliphatic carbocycles. The van der Waals surface area contributed by atoms with E-state index in [2.05, 4.69) is 10.6 Å². The second-order valence-electron chi connectivity index (χ2n) is 10.6. The Morgan fingerprint density at radius 1 is 0.818 bits per heavy atom. The molecule has 236 valence electrons. The van der Waals surface area contributed by atoms with Gasteiger partial charge in [-0.05, 0) is 87.7 Å². The largest absolute Gasteiger partial charge is 0.491 e. The van der Waals surface area contributed by atoms with E-state index in [-0.39, 0.29) is 37.4 Å². The topological polar surface area (TPSA) is 114 Å². The first kappa shape index (κ1) is 35.5. The van der Waals surface area contributed by atoms with E-state index in [9.17, 15) is 19.2 Å². The Morgan fingerprint density at radius 2 is 1.34 bits per heavy atom. The zero-order chi connectivity index (χ0) is 33.0. The minimum absolute atomic E-state index is 0.147. The zero-order valence-corrected chi connectivity index (χ0v) is 27.3. The van der Waals surface area contributed by atoms with Gasteiger partial charge in [-0.25, -0.2) is 4.79 Å². The Morgan fingerprint density at radius 3 is 1.84 bits per heavy atom. The van der Waals surface area contributed by atoms with Crippen molar-refractivity contribution in [2.75, 3.05) is 18.5 Å². The number of alkyl carbamates (subject to hydrolysis) is 1. The van der Waals surface area contributed by atoms with E-state index < -0.39 is 11.7 Å². The molecule has 0 atom stereocenters. The lowest BCUT2D eigenvalue weighted by Crippen LogP contribution is -2.34. The Hall–Kier alpha value is -4.66. The number of rotatable bonds is 8. The number of anilines is 1. The molecule has 4 rings (SSSR count). The van der Waals surface area contributed by atoms with Gasteiger partial charge < -0.3 is 20.1 Å². The molecule has 4 amide bonds. The van der Waals surface area contributed by atoms with Crippen LogP contribution in [0, 0.1) is 13.8 Å². The zero-order valence-electron chi connectivity index (χ0n) is 27.3. The number of ether oxygens (including phenoxy) is 2. The monoisotopic (exact) mass is 603 g/mol. The Kier molecular flexibility index (Phi) is 13.1. The second-order valence-corrected chi connectivity index (χ2v) is 10.6. The fraction of sp³-hybridized carbons (Fsp3) is 0.371. The SMILES string of the molecule is CC.CC.Cc1cc(C(=O)Nc2ccc(CN3C(=O)c4ccccc4C3=O)cc2)cc(C)c1OCCNC(=O)OC(C)(C)C. The quantitative estimate of drug-likeness (QED) is 0.206. The third kappa shape index (κ3) is 9.42. The summed E-state index contributed by atoms with van der Waals surface area (Å²) in [5.41, 5.74) is 3.66. The van der Waals surface area contributed by atoms with Crippen LogP contribution in [-0.2, 0) is 11.3 Å². The fourth-order valence-electron chi connectivity index (χ4n) is 4.39. The highest BCUT2D eigenvalue weighted by atomic mass is 16.6. The first-order valence-electron chi connectivity index (χ1n) is 15.0. The number of fused-ring (bicyclic) bond motifs is 1. The van der Waals surface area contributed by atoms with Gasteiger partial charge in [0.25, 0.3) is 17.7 Å². The summed E-state index contributed by atoms with van der Waals surface area (Å²) in [5.74, 6) is -0.247. The molecule has 0 fully saturated rings. The lowest BCUT2D eigenvalue weighted by atomic mass is 10.0. The number of carbonyl (C=O) groups excluding carboxylic acids is 4. The molecule has 0 aromatic heterocycles.